The monoisotopic (exact) mass is 491 g/mol. The van der Waals surface area contributed by atoms with Crippen LogP contribution in [0, 0.1) is 6.92 Å². The van der Waals surface area contributed by atoms with Gasteiger partial charge in [0, 0.05) is 11.6 Å². The number of methoxy groups -OCH3 is 1. The molecule has 0 unspecified atom stereocenters. The number of carbonyl (C=O) groups is 2. The fourth-order valence-corrected chi connectivity index (χ4v) is 3.30. The first-order valence-corrected chi connectivity index (χ1v) is 11.1. The Morgan fingerprint density at radius 1 is 1.06 bits per heavy atom. The van der Waals surface area contributed by atoms with Gasteiger partial charge in [0.25, 0.3) is 5.89 Å². The number of ether oxygens (including phenoxy) is 3. The van der Waals surface area contributed by atoms with Crippen molar-refractivity contribution >= 4 is 11.8 Å². The number of ketones is 1. The van der Waals surface area contributed by atoms with E-state index in [9.17, 15) is 14.7 Å². The van der Waals surface area contributed by atoms with Gasteiger partial charge in [-0.25, -0.2) is 9.78 Å². The van der Waals surface area contributed by atoms with Crippen molar-refractivity contribution in [2.24, 2.45) is 0 Å². The zero-order valence-corrected chi connectivity index (χ0v) is 20.2. The van der Waals surface area contributed by atoms with E-state index in [0.717, 1.165) is 0 Å². The Kier molecular flexibility index (Phi) is 6.82. The van der Waals surface area contributed by atoms with E-state index in [1.165, 1.54) is 27.0 Å². The molecule has 1 N–H and O–H groups in total. The van der Waals surface area contributed by atoms with Crippen molar-refractivity contribution in [3.8, 4) is 28.9 Å². The molecule has 0 fully saturated rings. The fourth-order valence-electron chi connectivity index (χ4n) is 3.30. The molecule has 0 saturated heterocycles. The van der Waals surface area contributed by atoms with Gasteiger partial charge in [-0.1, -0.05) is 0 Å². The summed E-state index contributed by atoms with van der Waals surface area (Å²) in [7, 11) is 1.47. The highest BCUT2D eigenvalue weighted by atomic mass is 16.5. The molecule has 0 amide bonds. The predicted octanol–water partition coefficient (Wildman–Crippen LogP) is 5.30. The molecule has 9 heteroatoms. The molecule has 2 aromatic carbocycles. The molecule has 2 aromatic heterocycles. The van der Waals surface area contributed by atoms with Gasteiger partial charge in [-0.15, -0.1) is 0 Å². The summed E-state index contributed by atoms with van der Waals surface area (Å²) in [5, 5.41) is 9.44. The lowest BCUT2D eigenvalue weighted by molar-refractivity contribution is -0.152. The number of furan rings is 1. The number of carbonyl (C=O) groups excluding carboxylic acids is 1. The molecule has 0 aliphatic heterocycles. The molecule has 4 rings (SSSR count). The van der Waals surface area contributed by atoms with Gasteiger partial charge in [-0.05, 0) is 69.3 Å². The van der Waals surface area contributed by atoms with Crippen LogP contribution in [0.25, 0.3) is 11.7 Å². The molecule has 36 heavy (non-hydrogen) atoms. The first kappa shape index (κ1) is 24.6. The average Bonchev–Trinajstić information content (AvgIpc) is 3.52. The molecule has 0 radical (unpaired) electrons. The lowest BCUT2D eigenvalue weighted by Crippen LogP contribution is -2.38. The zero-order valence-electron chi connectivity index (χ0n) is 20.2. The highest BCUT2D eigenvalue weighted by Gasteiger charge is 2.31. The summed E-state index contributed by atoms with van der Waals surface area (Å²) in [4.78, 5) is 29.2. The van der Waals surface area contributed by atoms with Gasteiger partial charge in [-0.2, -0.15) is 0 Å². The molecule has 9 nitrogen and oxygen atoms in total. The standard InChI is InChI=1S/C27H25NO8/c1-16-21(28-25(35-16)22-6-5-13-33-22)15-34-18-9-7-17(8-10-18)24(29)20-12-11-19(32-4)14-23(20)36-27(2,3)26(30)31/h5-14H,15H2,1-4H3,(H,30,31). The van der Waals surface area contributed by atoms with Crippen molar-refractivity contribution in [3.63, 3.8) is 0 Å². The highest BCUT2D eigenvalue weighted by molar-refractivity contribution is 6.11. The average molecular weight is 491 g/mol. The second-order valence-corrected chi connectivity index (χ2v) is 8.42. The molecule has 186 valence electrons. The van der Waals surface area contributed by atoms with Gasteiger partial charge in [0.15, 0.2) is 17.1 Å². The number of aliphatic carboxylic acids is 1. The van der Waals surface area contributed by atoms with Crippen LogP contribution >= 0.6 is 0 Å². The summed E-state index contributed by atoms with van der Waals surface area (Å²) < 4.78 is 27.7. The van der Waals surface area contributed by atoms with E-state index in [1.54, 1.807) is 61.7 Å². The van der Waals surface area contributed by atoms with Crippen LogP contribution in [0.2, 0.25) is 0 Å². The normalized spacial score (nSPS) is 11.2. The number of hydrogen-bond acceptors (Lipinski definition) is 8. The highest BCUT2D eigenvalue weighted by Crippen LogP contribution is 2.31. The maximum atomic E-state index is 13.2. The molecule has 0 saturated carbocycles. The number of carboxylic acids is 1. The van der Waals surface area contributed by atoms with Crippen LogP contribution in [-0.2, 0) is 11.4 Å². The van der Waals surface area contributed by atoms with Crippen molar-refractivity contribution in [1.29, 1.82) is 0 Å². The Hall–Kier alpha value is -4.53. The predicted molar refractivity (Wildman–Crippen MR) is 128 cm³/mol. The van der Waals surface area contributed by atoms with E-state index >= 15 is 0 Å². The number of rotatable bonds is 10. The quantitative estimate of drug-likeness (QED) is 0.294. The van der Waals surface area contributed by atoms with Gasteiger partial charge in [-0.3, -0.25) is 4.79 Å². The van der Waals surface area contributed by atoms with Crippen LogP contribution < -0.4 is 14.2 Å². The molecule has 0 atom stereocenters. The zero-order chi connectivity index (χ0) is 25.9. The SMILES string of the molecule is COc1ccc(C(=O)c2ccc(OCc3nc(-c4ccco4)oc3C)cc2)c(OC(C)(C)C(=O)O)c1. The van der Waals surface area contributed by atoms with Crippen molar-refractivity contribution in [1.82, 2.24) is 4.98 Å². The minimum absolute atomic E-state index is 0.112. The summed E-state index contributed by atoms with van der Waals surface area (Å²) in [6, 6.07) is 14.7. The number of oxazole rings is 1. The Morgan fingerprint density at radius 3 is 2.42 bits per heavy atom. The van der Waals surface area contributed by atoms with Gasteiger partial charge in [0.1, 0.15) is 35.3 Å². The van der Waals surface area contributed by atoms with Crippen LogP contribution in [0.3, 0.4) is 0 Å². The first-order valence-electron chi connectivity index (χ1n) is 11.1. The number of carboxylic acid groups (broad SMARTS) is 1. The Morgan fingerprint density at radius 2 is 1.78 bits per heavy atom. The van der Waals surface area contributed by atoms with Gasteiger partial charge >= 0.3 is 5.97 Å². The number of benzene rings is 2. The smallest absolute Gasteiger partial charge is 0.347 e. The van der Waals surface area contributed by atoms with Gasteiger partial charge in [0.2, 0.25) is 0 Å². The molecule has 0 bridgehead atoms. The summed E-state index contributed by atoms with van der Waals surface area (Å²) in [6.07, 6.45) is 1.54. The summed E-state index contributed by atoms with van der Waals surface area (Å²) >= 11 is 0. The van der Waals surface area contributed by atoms with Crippen LogP contribution in [0.4, 0.5) is 0 Å². The van der Waals surface area contributed by atoms with Crippen molar-refractivity contribution < 1.29 is 37.7 Å². The molecule has 0 aliphatic rings. The Balaban J connectivity index is 1.49. The van der Waals surface area contributed by atoms with E-state index in [-0.39, 0.29) is 23.7 Å². The van der Waals surface area contributed by atoms with E-state index in [1.807, 2.05) is 0 Å². The summed E-state index contributed by atoms with van der Waals surface area (Å²) in [5.74, 6) is 1.10. The third-order valence-corrected chi connectivity index (χ3v) is 5.43. The summed E-state index contributed by atoms with van der Waals surface area (Å²) in [5.41, 5.74) is -0.330. The van der Waals surface area contributed by atoms with Gasteiger partial charge in [0.05, 0.1) is 18.9 Å². The largest absolute Gasteiger partial charge is 0.497 e. The minimum Gasteiger partial charge on any atom is -0.497 e. The Bertz CT molecular complexity index is 1370. The van der Waals surface area contributed by atoms with Crippen molar-refractivity contribution in [3.05, 3.63) is 83.4 Å². The number of aromatic nitrogens is 1. The van der Waals surface area contributed by atoms with Gasteiger partial charge < -0.3 is 28.2 Å². The Labute approximate surface area is 207 Å². The maximum Gasteiger partial charge on any atom is 0.347 e. The molecular formula is C27H25NO8. The molecular weight excluding hydrogens is 466 g/mol. The van der Waals surface area contributed by atoms with Crippen molar-refractivity contribution in [2.45, 2.75) is 33.0 Å². The first-order chi connectivity index (χ1) is 17.2. The third-order valence-electron chi connectivity index (χ3n) is 5.43. The van der Waals surface area contributed by atoms with E-state index in [2.05, 4.69) is 4.98 Å². The second-order valence-electron chi connectivity index (χ2n) is 8.42. The van der Waals surface area contributed by atoms with E-state index in [0.29, 0.717) is 40.2 Å². The number of nitrogens with zero attached hydrogens (tertiary/aromatic N) is 1. The second kappa shape index (κ2) is 9.99. The fraction of sp³-hybridized carbons (Fsp3) is 0.222. The van der Waals surface area contributed by atoms with Crippen LogP contribution in [0.1, 0.15) is 41.2 Å². The van der Waals surface area contributed by atoms with Crippen LogP contribution in [0.15, 0.2) is 69.7 Å². The lowest BCUT2D eigenvalue weighted by atomic mass is 10.0. The maximum absolute atomic E-state index is 13.2. The molecule has 0 aliphatic carbocycles. The van der Waals surface area contributed by atoms with Crippen molar-refractivity contribution in [2.75, 3.05) is 7.11 Å². The topological polar surface area (TPSA) is 121 Å². The lowest BCUT2D eigenvalue weighted by Gasteiger charge is -2.23. The van der Waals surface area contributed by atoms with E-state index < -0.39 is 11.6 Å². The van der Waals surface area contributed by atoms with E-state index in [4.69, 9.17) is 23.0 Å². The van der Waals surface area contributed by atoms with Crippen LogP contribution in [0.5, 0.6) is 17.2 Å². The number of aryl methyl sites for hydroxylation is 1. The molecule has 0 spiro atoms. The number of hydrogen-bond donors (Lipinski definition) is 1. The third kappa shape index (κ3) is 5.25. The van der Waals surface area contributed by atoms with Crippen LogP contribution in [-0.4, -0.2) is 34.6 Å². The summed E-state index contributed by atoms with van der Waals surface area (Å²) in [6.45, 7) is 4.77. The molecule has 2 heterocycles. The minimum atomic E-state index is -1.55. The molecule has 4 aromatic rings.